The molecular weight excluding hydrogens is 240 g/mol. The van der Waals surface area contributed by atoms with Crippen LogP contribution in [0.4, 0.5) is 5.69 Å². The number of benzene rings is 1. The van der Waals surface area contributed by atoms with Gasteiger partial charge < -0.3 is 5.32 Å². The highest BCUT2D eigenvalue weighted by molar-refractivity contribution is 5.32. The third-order valence-electron chi connectivity index (χ3n) is 4.10. The Balaban J connectivity index is 1.72. The van der Waals surface area contributed by atoms with Gasteiger partial charge in [0.25, 0.3) is 5.69 Å². The van der Waals surface area contributed by atoms with Gasteiger partial charge in [-0.25, -0.2) is 0 Å². The zero-order valence-corrected chi connectivity index (χ0v) is 11.5. The van der Waals surface area contributed by atoms with E-state index < -0.39 is 0 Å². The fourth-order valence-corrected chi connectivity index (χ4v) is 2.81. The zero-order valence-electron chi connectivity index (χ0n) is 11.5. The molecule has 1 N–H and O–H groups in total. The molecule has 1 aliphatic rings. The molecule has 0 amide bonds. The highest BCUT2D eigenvalue weighted by atomic mass is 16.6. The van der Waals surface area contributed by atoms with E-state index in [-0.39, 0.29) is 10.6 Å². The highest BCUT2D eigenvalue weighted by Gasteiger charge is 2.27. The number of nitrogens with one attached hydrogen (secondary N) is 1. The van der Waals surface area contributed by atoms with Gasteiger partial charge in [-0.3, -0.25) is 10.1 Å². The number of nitro groups is 1. The molecule has 0 aliphatic heterocycles. The highest BCUT2D eigenvalue weighted by Crippen LogP contribution is 2.36. The van der Waals surface area contributed by atoms with Crippen molar-refractivity contribution in [1.82, 2.24) is 5.32 Å². The molecular formula is C15H22N2O2. The Labute approximate surface area is 114 Å². The molecule has 19 heavy (non-hydrogen) atoms. The topological polar surface area (TPSA) is 55.2 Å². The van der Waals surface area contributed by atoms with E-state index in [0.29, 0.717) is 5.41 Å². The molecule has 1 aromatic rings. The molecule has 4 nitrogen and oxygen atoms in total. The van der Waals surface area contributed by atoms with Crippen LogP contribution >= 0.6 is 0 Å². The van der Waals surface area contributed by atoms with E-state index in [9.17, 15) is 10.1 Å². The lowest BCUT2D eigenvalue weighted by atomic mass is 9.89. The Bertz CT molecular complexity index is 422. The number of non-ortho nitro benzene ring substituents is 1. The summed E-state index contributed by atoms with van der Waals surface area (Å²) in [6.45, 7) is 4.38. The third-order valence-corrected chi connectivity index (χ3v) is 4.10. The van der Waals surface area contributed by atoms with Crippen LogP contribution in [-0.2, 0) is 6.42 Å². The molecule has 0 atom stereocenters. The van der Waals surface area contributed by atoms with Crippen LogP contribution < -0.4 is 5.32 Å². The summed E-state index contributed by atoms with van der Waals surface area (Å²) in [7, 11) is 0. The summed E-state index contributed by atoms with van der Waals surface area (Å²) in [5.41, 5.74) is 1.79. The average molecular weight is 262 g/mol. The van der Waals surface area contributed by atoms with E-state index in [0.717, 1.165) is 25.1 Å². The van der Waals surface area contributed by atoms with E-state index in [1.807, 2.05) is 12.1 Å². The first-order valence-corrected chi connectivity index (χ1v) is 7.03. The zero-order chi connectivity index (χ0) is 13.7. The van der Waals surface area contributed by atoms with Gasteiger partial charge in [-0.1, -0.05) is 31.9 Å². The van der Waals surface area contributed by atoms with Crippen molar-refractivity contribution in [2.45, 2.75) is 39.0 Å². The Morgan fingerprint density at radius 3 is 2.47 bits per heavy atom. The monoisotopic (exact) mass is 262 g/mol. The van der Waals surface area contributed by atoms with Gasteiger partial charge >= 0.3 is 0 Å². The predicted molar refractivity (Wildman–Crippen MR) is 76.2 cm³/mol. The number of nitro benzene ring substituents is 1. The van der Waals surface area contributed by atoms with Crippen LogP contribution in [0, 0.1) is 15.5 Å². The van der Waals surface area contributed by atoms with E-state index in [4.69, 9.17) is 0 Å². The second-order valence-corrected chi connectivity index (χ2v) is 5.87. The third kappa shape index (κ3) is 4.03. The van der Waals surface area contributed by atoms with E-state index in [2.05, 4.69) is 12.2 Å². The van der Waals surface area contributed by atoms with Crippen molar-refractivity contribution in [1.29, 1.82) is 0 Å². The van der Waals surface area contributed by atoms with Crippen LogP contribution in [0.3, 0.4) is 0 Å². The van der Waals surface area contributed by atoms with Crippen molar-refractivity contribution in [3.8, 4) is 0 Å². The molecule has 0 aromatic heterocycles. The van der Waals surface area contributed by atoms with Gasteiger partial charge in [0.15, 0.2) is 0 Å². The maximum atomic E-state index is 10.5. The summed E-state index contributed by atoms with van der Waals surface area (Å²) in [5.74, 6) is 0. The van der Waals surface area contributed by atoms with Gasteiger partial charge in [-0.15, -0.1) is 0 Å². The first-order chi connectivity index (χ1) is 9.09. The molecule has 0 saturated heterocycles. The van der Waals surface area contributed by atoms with Gasteiger partial charge in [-0.2, -0.15) is 0 Å². The van der Waals surface area contributed by atoms with Crippen molar-refractivity contribution in [3.63, 3.8) is 0 Å². The van der Waals surface area contributed by atoms with Crippen LogP contribution in [-0.4, -0.2) is 18.0 Å². The second kappa shape index (κ2) is 6.15. The summed E-state index contributed by atoms with van der Waals surface area (Å²) < 4.78 is 0. The van der Waals surface area contributed by atoms with Gasteiger partial charge in [-0.05, 0) is 36.8 Å². The van der Waals surface area contributed by atoms with Gasteiger partial charge in [0.1, 0.15) is 0 Å². The first-order valence-electron chi connectivity index (χ1n) is 7.03. The maximum Gasteiger partial charge on any atom is 0.269 e. The van der Waals surface area contributed by atoms with Crippen LogP contribution in [0.15, 0.2) is 24.3 Å². The Kier molecular flexibility index (Phi) is 4.53. The molecule has 0 heterocycles. The average Bonchev–Trinajstić information content (AvgIpc) is 2.83. The molecule has 2 rings (SSSR count). The fraction of sp³-hybridized carbons (Fsp3) is 0.600. The largest absolute Gasteiger partial charge is 0.316 e. The minimum absolute atomic E-state index is 0.162. The van der Waals surface area contributed by atoms with Crippen molar-refractivity contribution in [3.05, 3.63) is 39.9 Å². The number of hydrogen-bond acceptors (Lipinski definition) is 3. The van der Waals surface area contributed by atoms with Crippen molar-refractivity contribution in [2.75, 3.05) is 13.1 Å². The number of nitrogens with zero attached hydrogens (tertiary/aromatic N) is 1. The molecule has 0 radical (unpaired) electrons. The lowest BCUT2D eigenvalue weighted by Crippen LogP contribution is -2.30. The first kappa shape index (κ1) is 14.0. The SMILES string of the molecule is CC1(CNCCc2ccc([N+](=O)[O-])cc2)CCCC1. The summed E-state index contributed by atoms with van der Waals surface area (Å²) in [6.07, 6.45) is 6.31. The summed E-state index contributed by atoms with van der Waals surface area (Å²) >= 11 is 0. The number of rotatable bonds is 6. The van der Waals surface area contributed by atoms with Crippen LogP contribution in [0.5, 0.6) is 0 Å². The minimum Gasteiger partial charge on any atom is -0.316 e. The van der Waals surface area contributed by atoms with Crippen molar-refractivity contribution >= 4 is 5.69 Å². The summed E-state index contributed by atoms with van der Waals surface area (Å²) in [4.78, 5) is 10.2. The lowest BCUT2D eigenvalue weighted by molar-refractivity contribution is -0.384. The van der Waals surface area contributed by atoms with Crippen LogP contribution in [0.25, 0.3) is 0 Å². The standard InChI is InChI=1S/C15H22N2O2/c1-15(9-2-3-10-15)12-16-11-8-13-4-6-14(7-5-13)17(18)19/h4-7,16H,2-3,8-12H2,1H3. The van der Waals surface area contributed by atoms with E-state index in [1.54, 1.807) is 12.1 Å². The van der Waals surface area contributed by atoms with E-state index >= 15 is 0 Å². The molecule has 0 spiro atoms. The predicted octanol–water partition coefficient (Wildman–Crippen LogP) is 3.31. The van der Waals surface area contributed by atoms with Crippen molar-refractivity contribution in [2.24, 2.45) is 5.41 Å². The molecule has 0 bridgehead atoms. The molecule has 104 valence electrons. The smallest absolute Gasteiger partial charge is 0.269 e. The molecule has 0 unspecified atom stereocenters. The minimum atomic E-state index is -0.358. The Hall–Kier alpha value is -1.42. The van der Waals surface area contributed by atoms with Crippen LogP contribution in [0.2, 0.25) is 0 Å². The molecule has 1 aromatic carbocycles. The van der Waals surface area contributed by atoms with E-state index in [1.165, 1.54) is 25.7 Å². The van der Waals surface area contributed by atoms with Gasteiger partial charge in [0.2, 0.25) is 0 Å². The molecule has 4 heteroatoms. The normalized spacial score (nSPS) is 17.5. The maximum absolute atomic E-state index is 10.5. The van der Waals surface area contributed by atoms with Gasteiger partial charge in [0, 0.05) is 18.7 Å². The number of hydrogen-bond donors (Lipinski definition) is 1. The second-order valence-electron chi connectivity index (χ2n) is 5.87. The molecule has 1 fully saturated rings. The van der Waals surface area contributed by atoms with Crippen LogP contribution in [0.1, 0.15) is 38.2 Å². The Morgan fingerprint density at radius 1 is 1.26 bits per heavy atom. The fourth-order valence-electron chi connectivity index (χ4n) is 2.81. The summed E-state index contributed by atoms with van der Waals surface area (Å²) in [5, 5.41) is 14.1. The Morgan fingerprint density at radius 2 is 1.89 bits per heavy atom. The summed E-state index contributed by atoms with van der Waals surface area (Å²) in [6, 6.07) is 6.84. The lowest BCUT2D eigenvalue weighted by Gasteiger charge is -2.23. The quantitative estimate of drug-likeness (QED) is 0.486. The molecule has 1 aliphatic carbocycles. The van der Waals surface area contributed by atoms with Crippen molar-refractivity contribution < 1.29 is 4.92 Å². The van der Waals surface area contributed by atoms with Gasteiger partial charge in [0.05, 0.1) is 4.92 Å². The molecule has 1 saturated carbocycles.